The van der Waals surface area contributed by atoms with Gasteiger partial charge in [0.15, 0.2) is 0 Å². The number of piperazine rings is 1. The van der Waals surface area contributed by atoms with E-state index in [1.165, 1.54) is 24.1 Å². The van der Waals surface area contributed by atoms with Gasteiger partial charge in [0, 0.05) is 39.3 Å². The van der Waals surface area contributed by atoms with Crippen LogP contribution in [0.25, 0.3) is 0 Å². The van der Waals surface area contributed by atoms with E-state index in [4.69, 9.17) is 0 Å². The Kier molecular flexibility index (Phi) is 8.34. The van der Waals surface area contributed by atoms with Gasteiger partial charge in [0.05, 0.1) is 23.7 Å². The predicted molar refractivity (Wildman–Crippen MR) is 131 cm³/mol. The monoisotopic (exact) mass is 574 g/mol. The molecule has 0 radical (unpaired) electrons. The third-order valence-electron chi connectivity index (χ3n) is 7.37. The Morgan fingerprint density at radius 3 is 2.25 bits per heavy atom. The van der Waals surface area contributed by atoms with E-state index in [0.717, 1.165) is 4.90 Å². The van der Waals surface area contributed by atoms with Crippen molar-refractivity contribution < 1.29 is 40.3 Å². The van der Waals surface area contributed by atoms with E-state index in [1.807, 2.05) is 0 Å². The first kappa shape index (κ1) is 29.6. The van der Waals surface area contributed by atoms with Crippen molar-refractivity contribution >= 4 is 11.9 Å². The van der Waals surface area contributed by atoms with E-state index in [9.17, 15) is 40.3 Å². The van der Waals surface area contributed by atoms with Crippen molar-refractivity contribution in [1.29, 1.82) is 0 Å². The molecule has 2 aromatic carbocycles. The largest absolute Gasteiger partial charge is 0.416 e. The van der Waals surface area contributed by atoms with Crippen LogP contribution in [-0.4, -0.2) is 65.9 Å². The number of amides is 3. The second kappa shape index (κ2) is 11.3. The quantitative estimate of drug-likeness (QED) is 0.501. The van der Waals surface area contributed by atoms with Crippen LogP contribution >= 0.6 is 0 Å². The van der Waals surface area contributed by atoms with Gasteiger partial charge in [-0.1, -0.05) is 6.07 Å². The average Bonchev–Trinajstić information content (AvgIpc) is 2.87. The molecule has 2 atom stereocenters. The number of rotatable bonds is 4. The number of alkyl halides is 6. The molecule has 40 heavy (non-hydrogen) atoms. The summed E-state index contributed by atoms with van der Waals surface area (Å²) in [6, 6.07) is 3.98. The smallest absolute Gasteiger partial charge is 0.337 e. The van der Waals surface area contributed by atoms with Gasteiger partial charge < -0.3 is 20.0 Å². The van der Waals surface area contributed by atoms with Crippen LogP contribution in [-0.2, 0) is 23.7 Å². The van der Waals surface area contributed by atoms with E-state index >= 15 is 0 Å². The Bertz CT molecular complexity index is 1230. The van der Waals surface area contributed by atoms with E-state index < -0.39 is 47.9 Å². The third-order valence-corrected chi connectivity index (χ3v) is 7.37. The van der Waals surface area contributed by atoms with Crippen molar-refractivity contribution in [3.8, 4) is 0 Å². The molecule has 4 rings (SSSR count). The Morgan fingerprint density at radius 1 is 1.02 bits per heavy atom. The van der Waals surface area contributed by atoms with Crippen LogP contribution in [0.1, 0.15) is 46.7 Å². The van der Waals surface area contributed by atoms with Crippen molar-refractivity contribution in [2.24, 2.45) is 0 Å². The molecule has 0 spiro atoms. The zero-order chi connectivity index (χ0) is 29.4. The second-order valence-corrected chi connectivity index (χ2v) is 10.2. The zero-order valence-electron chi connectivity index (χ0n) is 21.9. The molecule has 2 heterocycles. The molecule has 0 saturated carbocycles. The highest BCUT2D eigenvalue weighted by Crippen LogP contribution is 2.38. The van der Waals surface area contributed by atoms with Gasteiger partial charge in [-0.05, 0) is 66.8 Å². The van der Waals surface area contributed by atoms with Crippen molar-refractivity contribution in [3.63, 3.8) is 0 Å². The maximum absolute atomic E-state index is 13.9. The number of carbonyl (C=O) groups is 2. The summed E-state index contributed by atoms with van der Waals surface area (Å²) >= 11 is 0. The van der Waals surface area contributed by atoms with Crippen molar-refractivity contribution in [1.82, 2.24) is 20.0 Å². The number of likely N-dealkylation sites (tertiary alicyclic amines) is 1. The lowest BCUT2D eigenvalue weighted by atomic mass is 9.88. The molecule has 2 aliphatic heterocycles. The lowest BCUT2D eigenvalue weighted by molar-refractivity contribution is -0.143. The summed E-state index contributed by atoms with van der Waals surface area (Å²) in [4.78, 5) is 30.5. The van der Waals surface area contributed by atoms with Crippen LogP contribution in [0.4, 0.5) is 35.5 Å². The van der Waals surface area contributed by atoms with E-state index in [-0.39, 0.29) is 36.7 Å². The number of piperidine rings is 1. The molecular formula is C27H29F7N4O2. The number of nitrogens with one attached hydrogen (secondary N) is 1. The first-order chi connectivity index (χ1) is 18.6. The molecule has 0 unspecified atom stereocenters. The Labute approximate surface area is 226 Å². The highest BCUT2D eigenvalue weighted by atomic mass is 19.4. The van der Waals surface area contributed by atoms with E-state index in [0.29, 0.717) is 49.2 Å². The summed E-state index contributed by atoms with van der Waals surface area (Å²) in [6.45, 7) is 2.67. The summed E-state index contributed by atoms with van der Waals surface area (Å²) in [7, 11) is 1.30. The number of nitrogens with zero attached hydrogens (tertiary/aromatic N) is 3. The highest BCUT2D eigenvalue weighted by molar-refractivity contribution is 5.79. The van der Waals surface area contributed by atoms with Crippen molar-refractivity contribution in [2.75, 3.05) is 33.2 Å². The first-order valence-electron chi connectivity index (χ1n) is 12.7. The minimum atomic E-state index is -5.01. The predicted octanol–water partition coefficient (Wildman–Crippen LogP) is 5.36. The lowest BCUT2D eigenvalue weighted by Gasteiger charge is -2.46. The summed E-state index contributed by atoms with van der Waals surface area (Å²) in [5.74, 6) is -0.543. The fraction of sp³-hybridized carbons (Fsp3) is 0.481. The summed E-state index contributed by atoms with van der Waals surface area (Å²) in [5.41, 5.74) is -2.02. The van der Waals surface area contributed by atoms with Gasteiger partial charge in [0.2, 0.25) is 5.91 Å². The molecule has 2 aliphatic rings. The molecule has 2 aromatic rings. The van der Waals surface area contributed by atoms with Gasteiger partial charge in [-0.2, -0.15) is 26.3 Å². The maximum atomic E-state index is 13.9. The van der Waals surface area contributed by atoms with Gasteiger partial charge in [-0.3, -0.25) is 4.79 Å². The fourth-order valence-electron chi connectivity index (χ4n) is 5.45. The van der Waals surface area contributed by atoms with Gasteiger partial charge in [0.1, 0.15) is 5.82 Å². The molecular weight excluding hydrogens is 545 g/mol. The molecule has 218 valence electrons. The zero-order valence-corrected chi connectivity index (χ0v) is 21.9. The van der Waals surface area contributed by atoms with Crippen LogP contribution in [0.3, 0.4) is 0 Å². The van der Waals surface area contributed by atoms with Crippen molar-refractivity contribution in [3.05, 3.63) is 70.0 Å². The molecule has 6 nitrogen and oxygen atoms in total. The van der Waals surface area contributed by atoms with Gasteiger partial charge in [0.25, 0.3) is 0 Å². The molecule has 1 N–H and O–H groups in total. The van der Waals surface area contributed by atoms with Crippen LogP contribution in [0.15, 0.2) is 36.4 Å². The molecule has 2 saturated heterocycles. The number of hydrogen-bond donors (Lipinski definition) is 1. The molecule has 3 amide bonds. The Hall–Kier alpha value is -3.35. The normalized spacial score (nSPS) is 20.6. The minimum Gasteiger partial charge on any atom is -0.337 e. The van der Waals surface area contributed by atoms with Crippen LogP contribution < -0.4 is 5.32 Å². The summed E-state index contributed by atoms with van der Waals surface area (Å²) in [6.07, 6.45) is -9.23. The number of aryl methyl sites for hydroxylation is 1. The number of benzene rings is 2. The second-order valence-electron chi connectivity index (χ2n) is 10.2. The van der Waals surface area contributed by atoms with E-state index in [2.05, 4.69) is 5.32 Å². The van der Waals surface area contributed by atoms with E-state index in [1.54, 1.807) is 17.9 Å². The topological polar surface area (TPSA) is 55.9 Å². The molecule has 13 heteroatoms. The molecule has 2 fully saturated rings. The number of urea groups is 1. The third kappa shape index (κ3) is 6.51. The van der Waals surface area contributed by atoms with Gasteiger partial charge >= 0.3 is 18.4 Å². The Morgan fingerprint density at radius 2 is 1.68 bits per heavy atom. The lowest BCUT2D eigenvalue weighted by Crippen LogP contribution is -2.57. The van der Waals surface area contributed by atoms with Gasteiger partial charge in [-0.25, -0.2) is 9.18 Å². The Balaban J connectivity index is 1.62. The standard InChI is InChI=1S/C27H29F7N4O2/c1-16-9-20(28)3-4-22(16)23-13-21(37-8-6-35-14-24(37)39)5-7-38(23)25(40)36(2)15-17-10-18(26(29,30)31)12-19(11-17)27(32,33)34/h3-4,9-12,21,23,35H,5-8,13-15H2,1-2H3/t21-,23-/m1/s1. The average molecular weight is 575 g/mol. The van der Waals surface area contributed by atoms with Gasteiger partial charge in [-0.15, -0.1) is 0 Å². The molecule has 0 aliphatic carbocycles. The number of carbonyl (C=O) groups excluding carboxylic acids is 2. The first-order valence-corrected chi connectivity index (χ1v) is 12.7. The number of hydrogen-bond acceptors (Lipinski definition) is 3. The summed E-state index contributed by atoms with van der Waals surface area (Å²) in [5, 5.41) is 3.01. The highest BCUT2D eigenvalue weighted by Gasteiger charge is 2.40. The maximum Gasteiger partial charge on any atom is 0.416 e. The minimum absolute atomic E-state index is 0.0425. The number of halogens is 7. The van der Waals surface area contributed by atoms with Crippen LogP contribution in [0.2, 0.25) is 0 Å². The fourth-order valence-corrected chi connectivity index (χ4v) is 5.45. The van der Waals surface area contributed by atoms with Crippen molar-refractivity contribution in [2.45, 2.75) is 50.7 Å². The SMILES string of the molecule is Cc1cc(F)ccc1[C@H]1C[C@H](N2CCNCC2=O)CCN1C(=O)N(C)Cc1cc(C(F)(F)F)cc(C(F)(F)F)c1. The van der Waals surface area contributed by atoms with Crippen LogP contribution in [0.5, 0.6) is 0 Å². The molecule has 0 bridgehead atoms. The molecule has 0 aromatic heterocycles. The van der Waals surface area contributed by atoms with Crippen LogP contribution in [0, 0.1) is 12.7 Å². The summed E-state index contributed by atoms with van der Waals surface area (Å²) < 4.78 is 93.9.